The minimum absolute atomic E-state index is 0.0290. The van der Waals surface area contributed by atoms with E-state index in [9.17, 15) is 0 Å². The van der Waals surface area contributed by atoms with Gasteiger partial charge in [0.15, 0.2) is 0 Å². The van der Waals surface area contributed by atoms with E-state index in [1.807, 2.05) is 27.7 Å². The van der Waals surface area contributed by atoms with Gasteiger partial charge in [0.25, 0.3) is 0 Å². The second-order valence-corrected chi connectivity index (χ2v) is 5.82. The number of aromatic nitrogens is 1. The van der Waals surface area contributed by atoms with E-state index < -0.39 is 61.1 Å². The summed E-state index contributed by atoms with van der Waals surface area (Å²) in [6, 6.07) is -2.07. The summed E-state index contributed by atoms with van der Waals surface area (Å²) in [4.78, 5) is 4.06. The van der Waals surface area contributed by atoms with Crippen LogP contribution < -0.4 is 5.59 Å². The van der Waals surface area contributed by atoms with E-state index in [1.165, 1.54) is 0 Å². The lowest BCUT2D eigenvalue weighted by Crippen LogP contribution is -2.41. The minimum atomic E-state index is -2.78. The Labute approximate surface area is 131 Å². The molecule has 3 nitrogen and oxygen atoms in total. The topological polar surface area (TPSA) is 31.4 Å². The summed E-state index contributed by atoms with van der Waals surface area (Å²) in [5.74, 6) is 0. The number of hydrogen-bond acceptors (Lipinski definition) is 3. The van der Waals surface area contributed by atoms with Crippen molar-refractivity contribution in [2.24, 2.45) is 0 Å². The quantitative estimate of drug-likeness (QED) is 0.751. The number of fused-ring (bicyclic) bond motifs is 1. The van der Waals surface area contributed by atoms with Crippen LogP contribution in [-0.2, 0) is 9.31 Å². The van der Waals surface area contributed by atoms with Crippen LogP contribution in [-0.4, -0.2) is 23.3 Å². The van der Waals surface area contributed by atoms with Crippen LogP contribution in [0.5, 0.6) is 0 Å². The Hall–Kier alpha value is -1.39. The molecule has 1 aliphatic heterocycles. The summed E-state index contributed by atoms with van der Waals surface area (Å²) in [6.07, 6.45) is -0.595. The van der Waals surface area contributed by atoms with Crippen molar-refractivity contribution < 1.29 is 20.3 Å². The first kappa shape index (κ1) is 7.05. The smallest absolute Gasteiger partial charge is 0.398 e. The van der Waals surface area contributed by atoms with Gasteiger partial charge in [-0.2, -0.15) is 0 Å². The molecule has 2 heterocycles. The second kappa shape index (κ2) is 4.30. The third kappa shape index (κ3) is 1.95. The van der Waals surface area contributed by atoms with Gasteiger partial charge in [0, 0.05) is 15.7 Å². The lowest BCUT2D eigenvalue weighted by Gasteiger charge is -2.32. The Kier molecular flexibility index (Phi) is 1.52. The molecule has 0 spiro atoms. The maximum absolute atomic E-state index is 8.31. The molecule has 0 unspecified atom stereocenters. The molecule has 0 bridgehead atoms. The number of pyridine rings is 1. The molecule has 20 heavy (non-hydrogen) atoms. The number of benzene rings is 1. The minimum Gasteiger partial charge on any atom is -0.398 e. The number of hydrogen-bond donors (Lipinski definition) is 0. The predicted molar refractivity (Wildman–Crippen MR) is 82.2 cm³/mol. The molecule has 4 heteroatoms. The number of nitrogens with zero attached hydrogens (tertiary/aromatic N) is 1. The summed E-state index contributed by atoms with van der Waals surface area (Å²) >= 11 is 0. The normalized spacial score (nSPS) is 26.9. The molecular formula is C16H20BNO2. The maximum Gasteiger partial charge on any atom is 0.515 e. The molecule has 2 aromatic rings. The van der Waals surface area contributed by atoms with E-state index in [2.05, 4.69) is 4.98 Å². The van der Waals surface area contributed by atoms with Gasteiger partial charge < -0.3 is 9.31 Å². The van der Waals surface area contributed by atoms with Crippen molar-refractivity contribution in [2.75, 3.05) is 0 Å². The molecule has 0 aliphatic carbocycles. The van der Waals surface area contributed by atoms with Crippen molar-refractivity contribution in [2.45, 2.75) is 45.7 Å². The highest BCUT2D eigenvalue weighted by molar-refractivity contribution is 6.64. The van der Waals surface area contributed by atoms with Crippen LogP contribution in [0.4, 0.5) is 0 Å². The van der Waals surface area contributed by atoms with Gasteiger partial charge in [-0.05, 0) is 45.5 Å². The third-order valence-electron chi connectivity index (χ3n) is 3.96. The highest BCUT2D eigenvalue weighted by Gasteiger charge is 2.52. The summed E-state index contributed by atoms with van der Waals surface area (Å²) < 4.78 is 75.8. The van der Waals surface area contributed by atoms with Gasteiger partial charge in [-0.1, -0.05) is 24.2 Å². The average molecular weight is 277 g/mol. The Balaban J connectivity index is 2.45. The fourth-order valence-corrected chi connectivity index (χ4v) is 2.05. The molecule has 1 aromatic carbocycles. The van der Waals surface area contributed by atoms with Crippen LogP contribution in [0, 0.1) is 6.85 Å². The van der Waals surface area contributed by atoms with E-state index in [-0.39, 0.29) is 16.4 Å². The van der Waals surface area contributed by atoms with Crippen LogP contribution in [0.1, 0.15) is 44.2 Å². The van der Waals surface area contributed by atoms with E-state index >= 15 is 0 Å². The zero-order valence-electron chi connectivity index (χ0n) is 19.8. The molecule has 1 aliphatic rings. The van der Waals surface area contributed by atoms with E-state index in [0.717, 1.165) is 0 Å². The fraction of sp³-hybridized carbons (Fsp3) is 0.438. The fourth-order valence-electron chi connectivity index (χ4n) is 2.05. The maximum atomic E-state index is 8.31. The largest absolute Gasteiger partial charge is 0.515 e. The first-order valence-electron chi connectivity index (χ1n) is 10.4. The lowest BCUT2D eigenvalue weighted by molar-refractivity contribution is 0.00578. The van der Waals surface area contributed by atoms with E-state index in [0.29, 0.717) is 0 Å². The Morgan fingerprint density at radius 2 is 1.70 bits per heavy atom. The summed E-state index contributed by atoms with van der Waals surface area (Å²) in [5.41, 5.74) is -2.04. The zero-order valence-corrected chi connectivity index (χ0v) is 11.8. The van der Waals surface area contributed by atoms with Crippen molar-refractivity contribution >= 4 is 23.5 Å². The monoisotopic (exact) mass is 277 g/mol. The lowest BCUT2D eigenvalue weighted by atomic mass is 9.80. The molecule has 1 fully saturated rings. The Morgan fingerprint density at radius 1 is 1.10 bits per heavy atom. The molecule has 0 amide bonds. The third-order valence-corrected chi connectivity index (χ3v) is 3.96. The highest BCUT2D eigenvalue weighted by atomic mass is 16.7. The summed E-state index contributed by atoms with van der Waals surface area (Å²) in [6.45, 7) is 4.45. The van der Waals surface area contributed by atoms with Crippen molar-refractivity contribution in [3.63, 3.8) is 0 Å². The molecular weight excluding hydrogens is 249 g/mol. The van der Waals surface area contributed by atoms with Crippen molar-refractivity contribution in [3.05, 3.63) is 35.9 Å². The molecule has 0 radical (unpaired) electrons. The molecule has 104 valence electrons. The zero-order chi connectivity index (χ0) is 21.4. The van der Waals surface area contributed by atoms with Crippen LogP contribution in [0.3, 0.4) is 0 Å². The van der Waals surface area contributed by atoms with Crippen molar-refractivity contribution in [1.82, 2.24) is 4.98 Å². The van der Waals surface area contributed by atoms with Gasteiger partial charge in [-0.25, -0.2) is 0 Å². The molecule has 1 aromatic heterocycles. The first-order chi connectivity index (χ1) is 12.6. The van der Waals surface area contributed by atoms with Gasteiger partial charge in [0.05, 0.1) is 23.6 Å². The van der Waals surface area contributed by atoms with Gasteiger partial charge in [0.1, 0.15) is 0 Å². The Bertz CT molecular complexity index is 973. The molecule has 1 saturated heterocycles. The average Bonchev–Trinajstić information content (AvgIpc) is 2.76. The van der Waals surface area contributed by atoms with Crippen LogP contribution in [0.2, 0.25) is 0 Å². The van der Waals surface area contributed by atoms with E-state index in [4.69, 9.17) is 20.3 Å². The standard InChI is InChI=1S/C16H20BNO2/c1-11-10-18-14(13-9-7-6-8-12(11)13)17-19-15(2,3)16(4,5)20-17/h6-10H,1-5H3/i1D3,6D,7D,8D,9D,10D. The number of aryl methyl sites for hydroxylation is 1. The van der Waals surface area contributed by atoms with Crippen molar-refractivity contribution in [3.8, 4) is 0 Å². The summed E-state index contributed by atoms with van der Waals surface area (Å²) in [7, 11) is -1.11. The van der Waals surface area contributed by atoms with Crippen LogP contribution in [0.15, 0.2) is 30.3 Å². The summed E-state index contributed by atoms with van der Waals surface area (Å²) in [5, 5.41) is -0.359. The molecule has 0 N–H and O–H groups in total. The van der Waals surface area contributed by atoms with Gasteiger partial charge in [-0.3, -0.25) is 4.98 Å². The van der Waals surface area contributed by atoms with Crippen molar-refractivity contribution in [1.29, 1.82) is 0 Å². The SMILES string of the molecule is [2H]c1nc(B2OC(C)(C)C(C)(C)O2)c2c([2H])c([2H])c([2H])c([2H])c2c1C([2H])([2H])[2H]. The van der Waals surface area contributed by atoms with Gasteiger partial charge in [0.2, 0.25) is 0 Å². The van der Waals surface area contributed by atoms with E-state index in [1.54, 1.807) is 0 Å². The van der Waals surface area contributed by atoms with Crippen LogP contribution >= 0.6 is 0 Å². The molecule has 0 saturated carbocycles. The highest BCUT2D eigenvalue weighted by Crippen LogP contribution is 2.36. The second-order valence-electron chi connectivity index (χ2n) is 5.82. The first-order valence-corrected chi connectivity index (χ1v) is 6.37. The predicted octanol–water partition coefficient (Wildman–Crippen LogP) is 2.84. The molecule has 0 atom stereocenters. The van der Waals surface area contributed by atoms with Gasteiger partial charge in [-0.15, -0.1) is 0 Å². The van der Waals surface area contributed by atoms with Gasteiger partial charge >= 0.3 is 7.12 Å². The molecule has 3 rings (SSSR count). The Morgan fingerprint density at radius 3 is 2.30 bits per heavy atom. The van der Waals surface area contributed by atoms with Crippen LogP contribution in [0.25, 0.3) is 10.8 Å². The number of rotatable bonds is 1.